The van der Waals surface area contributed by atoms with E-state index in [4.69, 9.17) is 9.47 Å². The summed E-state index contributed by atoms with van der Waals surface area (Å²) in [5, 5.41) is 10.7. The van der Waals surface area contributed by atoms with Crippen LogP contribution in [-0.2, 0) is 19.1 Å². The van der Waals surface area contributed by atoms with Gasteiger partial charge in [0.2, 0.25) is 5.12 Å². The molecular weight excluding hydrogens is 543 g/mol. The van der Waals surface area contributed by atoms with Crippen molar-refractivity contribution in [3.63, 3.8) is 0 Å². The lowest BCUT2D eigenvalue weighted by molar-refractivity contribution is -0.232. The number of allylic oxidation sites excluding steroid dienone is 4. The number of ether oxygens (including phenoxy) is 2. The van der Waals surface area contributed by atoms with Crippen molar-refractivity contribution in [1.29, 1.82) is 0 Å². The van der Waals surface area contributed by atoms with Crippen LogP contribution >= 0.6 is 11.8 Å². The monoisotopic (exact) mass is 570 g/mol. The number of aliphatic hydroxyl groups excluding tert-OH is 1. The Balaban J connectivity index is 1.45. The molecule has 6 rings (SSSR count). The summed E-state index contributed by atoms with van der Waals surface area (Å²) in [6.45, 7) is 3.08. The zero-order valence-electron chi connectivity index (χ0n) is 21.1. The summed E-state index contributed by atoms with van der Waals surface area (Å²) in [5.74, 6) is -4.12. The van der Waals surface area contributed by atoms with E-state index in [0.29, 0.717) is 17.8 Å². The normalized spacial score (nSPS) is 46.3. The van der Waals surface area contributed by atoms with Gasteiger partial charge in [0.1, 0.15) is 23.8 Å². The average molecular weight is 571 g/mol. The number of carbonyl (C=O) groups is 2. The fraction of sp³-hybridized carbons (Fsp3) is 0.571. The average Bonchev–Trinajstić information content (AvgIpc) is 3.36. The van der Waals surface area contributed by atoms with Gasteiger partial charge in [-0.05, 0) is 62.0 Å². The Morgan fingerprint density at radius 1 is 1.21 bits per heavy atom. The van der Waals surface area contributed by atoms with Crippen LogP contribution in [0, 0.1) is 34.3 Å². The zero-order valence-corrected chi connectivity index (χ0v) is 22.0. The minimum absolute atomic E-state index is 0.00193. The predicted octanol–water partition coefficient (Wildman–Crippen LogP) is 5.23. The molecule has 0 radical (unpaired) electrons. The fourth-order valence-electron chi connectivity index (χ4n) is 8.29. The highest BCUT2D eigenvalue weighted by molar-refractivity contribution is 8.13. The highest BCUT2D eigenvalue weighted by Gasteiger charge is 2.80. The van der Waals surface area contributed by atoms with E-state index >= 15 is 8.78 Å². The van der Waals surface area contributed by atoms with Crippen LogP contribution in [0.1, 0.15) is 45.0 Å². The maximum Gasteiger partial charge on any atom is 0.226 e. The summed E-state index contributed by atoms with van der Waals surface area (Å²) in [6.07, 6.45) is -3.02. The first kappa shape index (κ1) is 27.1. The third-order valence-corrected chi connectivity index (χ3v) is 10.7. The van der Waals surface area contributed by atoms with Crippen LogP contribution in [0.3, 0.4) is 0 Å². The minimum Gasteiger partial charge on any atom is -0.390 e. The summed E-state index contributed by atoms with van der Waals surface area (Å²) in [7, 11) is 0. The van der Waals surface area contributed by atoms with Crippen LogP contribution in [0.2, 0.25) is 0 Å². The molecule has 1 heterocycles. The largest absolute Gasteiger partial charge is 0.390 e. The molecule has 3 saturated carbocycles. The lowest BCUT2D eigenvalue weighted by Crippen LogP contribution is -2.70. The maximum absolute atomic E-state index is 17.4. The Hall–Kier alpha value is -2.08. The van der Waals surface area contributed by atoms with Gasteiger partial charge < -0.3 is 14.6 Å². The standard InChI is InChI=1S/C28H27F5O5S/c1-25-6-5-14(34)8-18(25)20(32)9-17-16-10-22-28(24(36)39-12-29,26(16,2)11-21(35)27(17,25)33)38-23(37-22)15-4-3-13(30)7-19(15)31/h3-8,16-17,20-23,35H,9-12H2,1-2H3/t16-,17-,20-,21-,22+,23?,25-,26-,27-,28-/m0/s1. The van der Waals surface area contributed by atoms with E-state index in [1.165, 1.54) is 19.1 Å². The van der Waals surface area contributed by atoms with E-state index in [1.54, 1.807) is 6.92 Å². The second-order valence-electron chi connectivity index (χ2n) is 11.6. The van der Waals surface area contributed by atoms with Crippen LogP contribution in [0.4, 0.5) is 22.0 Å². The third kappa shape index (κ3) is 3.30. The molecule has 1 aromatic rings. The number of fused-ring (bicyclic) bond motifs is 7. The number of hydrogen-bond acceptors (Lipinski definition) is 6. The molecule has 5 nitrogen and oxygen atoms in total. The highest BCUT2D eigenvalue weighted by atomic mass is 32.2. The van der Waals surface area contributed by atoms with Crippen LogP contribution in [0.5, 0.6) is 0 Å². The maximum atomic E-state index is 17.4. The van der Waals surface area contributed by atoms with Crippen molar-refractivity contribution in [2.75, 3.05) is 6.01 Å². The van der Waals surface area contributed by atoms with Gasteiger partial charge in [0.15, 0.2) is 23.3 Å². The number of aliphatic hydroxyl groups is 1. The number of halogens is 5. The van der Waals surface area contributed by atoms with Crippen molar-refractivity contribution >= 4 is 22.7 Å². The van der Waals surface area contributed by atoms with Gasteiger partial charge >= 0.3 is 0 Å². The molecule has 11 heteroatoms. The van der Waals surface area contributed by atoms with Crippen molar-refractivity contribution in [2.45, 2.75) is 69.0 Å². The molecule has 4 aliphatic carbocycles. The molecule has 1 saturated heterocycles. The molecule has 0 bridgehead atoms. The molecular formula is C28H27F5O5S. The Morgan fingerprint density at radius 2 is 1.95 bits per heavy atom. The van der Waals surface area contributed by atoms with E-state index in [9.17, 15) is 27.9 Å². The SMILES string of the molecule is C[C@]12C=CC(=O)C=C1[C@@H](F)C[C@H]1[C@@H]3C[C@H]4OC(c5ccc(F)cc5F)O[C@@]4(C(=O)SCF)[C@@]3(C)C[C@H](O)[C@@]12F. The molecule has 210 valence electrons. The molecule has 10 atom stereocenters. The third-order valence-electron chi connectivity index (χ3n) is 10.1. The first-order valence-electron chi connectivity index (χ1n) is 12.8. The smallest absolute Gasteiger partial charge is 0.226 e. The number of alkyl halides is 3. The van der Waals surface area contributed by atoms with Gasteiger partial charge in [-0.1, -0.05) is 24.8 Å². The molecule has 0 spiro atoms. The lowest BCUT2D eigenvalue weighted by Gasteiger charge is -2.63. The highest BCUT2D eigenvalue weighted by Crippen LogP contribution is 2.73. The van der Waals surface area contributed by atoms with Crippen molar-refractivity contribution < 1.29 is 46.1 Å². The molecule has 1 N–H and O–H groups in total. The van der Waals surface area contributed by atoms with Crippen LogP contribution in [0.15, 0.2) is 42.0 Å². The van der Waals surface area contributed by atoms with Crippen molar-refractivity contribution in [3.05, 3.63) is 59.2 Å². The number of benzene rings is 1. The van der Waals surface area contributed by atoms with Crippen molar-refractivity contribution in [1.82, 2.24) is 0 Å². The number of thioether (sulfide) groups is 1. The zero-order chi connectivity index (χ0) is 28.1. The van der Waals surface area contributed by atoms with E-state index in [1.807, 2.05) is 0 Å². The quantitative estimate of drug-likeness (QED) is 0.502. The molecule has 1 unspecified atom stereocenters. The van der Waals surface area contributed by atoms with Gasteiger partial charge in [0.05, 0.1) is 12.2 Å². The molecule has 1 aromatic carbocycles. The summed E-state index contributed by atoms with van der Waals surface area (Å²) in [5.41, 5.74) is -7.47. The van der Waals surface area contributed by atoms with Gasteiger partial charge in [-0.15, -0.1) is 0 Å². The number of hydrogen-bond donors (Lipinski definition) is 1. The number of carbonyl (C=O) groups excluding carboxylic acids is 2. The Bertz CT molecular complexity index is 1320. The minimum atomic E-state index is -2.39. The van der Waals surface area contributed by atoms with Gasteiger partial charge in [-0.3, -0.25) is 9.59 Å². The van der Waals surface area contributed by atoms with Crippen LogP contribution in [-0.4, -0.2) is 51.7 Å². The van der Waals surface area contributed by atoms with E-state index < -0.39 is 87.1 Å². The summed E-state index contributed by atoms with van der Waals surface area (Å²) >= 11 is 0.330. The van der Waals surface area contributed by atoms with Crippen molar-refractivity contribution in [3.8, 4) is 0 Å². The second kappa shape index (κ2) is 8.71. The lowest BCUT2D eigenvalue weighted by atomic mass is 9.44. The first-order chi connectivity index (χ1) is 18.3. The van der Waals surface area contributed by atoms with Crippen LogP contribution in [0.25, 0.3) is 0 Å². The molecule has 1 aliphatic heterocycles. The predicted molar refractivity (Wildman–Crippen MR) is 130 cm³/mol. The Morgan fingerprint density at radius 3 is 2.64 bits per heavy atom. The molecule has 4 fully saturated rings. The Labute approximate surface area is 225 Å². The van der Waals surface area contributed by atoms with Crippen LogP contribution < -0.4 is 0 Å². The number of rotatable bonds is 3. The fourth-order valence-corrected chi connectivity index (χ4v) is 9.01. The van der Waals surface area contributed by atoms with Gasteiger partial charge in [-0.2, -0.15) is 0 Å². The topological polar surface area (TPSA) is 72.8 Å². The molecule has 0 amide bonds. The summed E-state index contributed by atoms with van der Waals surface area (Å²) < 4.78 is 87.0. The van der Waals surface area contributed by atoms with Gasteiger partial charge in [0.25, 0.3) is 0 Å². The number of ketones is 1. The van der Waals surface area contributed by atoms with Crippen molar-refractivity contribution in [2.24, 2.45) is 22.7 Å². The Kier molecular flexibility index (Phi) is 6.05. The first-order valence-corrected chi connectivity index (χ1v) is 13.8. The molecule has 5 aliphatic rings. The van der Waals surface area contributed by atoms with E-state index in [2.05, 4.69) is 0 Å². The van der Waals surface area contributed by atoms with E-state index in [0.717, 1.165) is 18.2 Å². The molecule has 0 aromatic heterocycles. The van der Waals surface area contributed by atoms with E-state index in [-0.39, 0.29) is 30.4 Å². The van der Waals surface area contributed by atoms with Gasteiger partial charge in [-0.25, -0.2) is 22.0 Å². The summed E-state index contributed by atoms with van der Waals surface area (Å²) in [6, 6.07) is 1.68. The second-order valence-corrected chi connectivity index (χ2v) is 12.5. The summed E-state index contributed by atoms with van der Waals surface area (Å²) in [4.78, 5) is 25.6. The van der Waals surface area contributed by atoms with Gasteiger partial charge in [0, 0.05) is 28.4 Å². The molecule has 39 heavy (non-hydrogen) atoms.